The Morgan fingerprint density at radius 1 is 1.24 bits per heavy atom. The summed E-state index contributed by atoms with van der Waals surface area (Å²) in [6, 6.07) is 10.2. The number of likely N-dealkylation sites (N-methyl/N-ethyl adjacent to an activating group) is 1. The van der Waals surface area contributed by atoms with Crippen molar-refractivity contribution in [3.63, 3.8) is 0 Å². The zero-order valence-electron chi connectivity index (χ0n) is 16.2. The molecule has 7 nitrogen and oxygen atoms in total. The highest BCUT2D eigenvalue weighted by molar-refractivity contribution is 7.90. The van der Waals surface area contributed by atoms with Crippen molar-refractivity contribution in [1.82, 2.24) is 4.90 Å². The summed E-state index contributed by atoms with van der Waals surface area (Å²) in [5.74, 6) is -3.16. The Morgan fingerprint density at radius 2 is 1.93 bits per heavy atom. The number of nitrogens with one attached hydrogen (secondary N) is 1. The normalized spacial score (nSPS) is 19.3. The van der Waals surface area contributed by atoms with Crippen molar-refractivity contribution in [1.29, 1.82) is 0 Å². The Labute approximate surface area is 168 Å². The van der Waals surface area contributed by atoms with Crippen LogP contribution in [0.4, 0.5) is 10.1 Å². The van der Waals surface area contributed by atoms with E-state index in [1.807, 2.05) is 0 Å². The highest BCUT2D eigenvalue weighted by Gasteiger charge is 2.44. The molecular formula is C20H21FN2O5S. The number of hydrogen-bond acceptors (Lipinski definition) is 5. The van der Waals surface area contributed by atoms with Crippen molar-refractivity contribution in [3.8, 4) is 5.75 Å². The number of likely N-dealkylation sites (tertiary alicyclic amines) is 1. The Kier molecular flexibility index (Phi) is 5.61. The zero-order chi connectivity index (χ0) is 21.3. The standard InChI is InChI=1S/C20H21FN2O5S/c1-23-11-13(12-8-9-14(21)16(10-12)28-2)18(20(23)25)19(24)22-15-6-4-5-7-17(15)29(3,26)27/h4-10,13,18H,11H2,1-3H3,(H,22,24)/t13-,18+/m1/s1. The lowest BCUT2D eigenvalue weighted by molar-refractivity contribution is -0.135. The summed E-state index contributed by atoms with van der Waals surface area (Å²) in [5.41, 5.74) is 0.690. The minimum atomic E-state index is -3.57. The number of carbonyl (C=O) groups is 2. The smallest absolute Gasteiger partial charge is 0.237 e. The van der Waals surface area contributed by atoms with Crippen LogP contribution in [0.1, 0.15) is 11.5 Å². The number of para-hydroxylation sites is 1. The van der Waals surface area contributed by atoms with Crippen molar-refractivity contribution in [3.05, 3.63) is 53.8 Å². The second kappa shape index (κ2) is 7.82. The topological polar surface area (TPSA) is 92.8 Å². The zero-order valence-corrected chi connectivity index (χ0v) is 17.0. The third-order valence-electron chi connectivity index (χ3n) is 4.95. The third-order valence-corrected chi connectivity index (χ3v) is 6.10. The second-order valence-electron chi connectivity index (χ2n) is 6.95. The molecule has 2 aromatic rings. The molecule has 2 atom stereocenters. The summed E-state index contributed by atoms with van der Waals surface area (Å²) >= 11 is 0. The molecule has 0 aromatic heterocycles. The van der Waals surface area contributed by atoms with Crippen molar-refractivity contribution >= 4 is 27.3 Å². The van der Waals surface area contributed by atoms with Gasteiger partial charge in [-0.15, -0.1) is 0 Å². The summed E-state index contributed by atoms with van der Waals surface area (Å²) < 4.78 is 42.7. The fourth-order valence-electron chi connectivity index (χ4n) is 3.50. The number of methoxy groups -OCH3 is 1. The highest BCUT2D eigenvalue weighted by Crippen LogP contribution is 2.36. The van der Waals surface area contributed by atoms with E-state index >= 15 is 0 Å². The number of anilines is 1. The number of benzene rings is 2. The molecule has 29 heavy (non-hydrogen) atoms. The van der Waals surface area contributed by atoms with E-state index in [2.05, 4.69) is 5.32 Å². The number of hydrogen-bond donors (Lipinski definition) is 1. The van der Waals surface area contributed by atoms with E-state index < -0.39 is 39.3 Å². The van der Waals surface area contributed by atoms with Gasteiger partial charge < -0.3 is 15.0 Å². The molecule has 1 aliphatic rings. The van der Waals surface area contributed by atoms with Gasteiger partial charge in [0.15, 0.2) is 21.4 Å². The quantitative estimate of drug-likeness (QED) is 0.748. The monoisotopic (exact) mass is 420 g/mol. The van der Waals surface area contributed by atoms with E-state index in [4.69, 9.17) is 4.74 Å². The van der Waals surface area contributed by atoms with Gasteiger partial charge in [-0.25, -0.2) is 12.8 Å². The molecule has 2 aromatic carbocycles. The lowest BCUT2D eigenvalue weighted by Crippen LogP contribution is -2.33. The minimum Gasteiger partial charge on any atom is -0.494 e. The lowest BCUT2D eigenvalue weighted by Gasteiger charge is -2.18. The minimum absolute atomic E-state index is 0.0195. The predicted molar refractivity (Wildman–Crippen MR) is 105 cm³/mol. The van der Waals surface area contributed by atoms with Gasteiger partial charge in [0.25, 0.3) is 0 Å². The first-order chi connectivity index (χ1) is 13.6. The molecule has 1 heterocycles. The number of halogens is 1. The average molecular weight is 420 g/mol. The fourth-order valence-corrected chi connectivity index (χ4v) is 4.35. The molecule has 1 saturated heterocycles. The first-order valence-electron chi connectivity index (χ1n) is 8.82. The Morgan fingerprint density at radius 3 is 2.59 bits per heavy atom. The maximum atomic E-state index is 13.8. The molecule has 1 N–H and O–H groups in total. The molecule has 9 heteroatoms. The number of nitrogens with zero attached hydrogens (tertiary/aromatic N) is 1. The van der Waals surface area contributed by atoms with Gasteiger partial charge >= 0.3 is 0 Å². The van der Waals surface area contributed by atoms with Crippen molar-refractivity contribution in [2.75, 3.05) is 32.3 Å². The van der Waals surface area contributed by atoms with Crippen molar-refractivity contribution in [2.45, 2.75) is 10.8 Å². The molecule has 0 bridgehead atoms. The Balaban J connectivity index is 1.95. The van der Waals surface area contributed by atoms with Crippen molar-refractivity contribution < 1.29 is 27.1 Å². The molecule has 1 fully saturated rings. The molecule has 3 rings (SSSR count). The van der Waals surface area contributed by atoms with Crippen LogP contribution in [0.3, 0.4) is 0 Å². The molecule has 1 aliphatic heterocycles. The first-order valence-corrected chi connectivity index (χ1v) is 10.7. The first kappa shape index (κ1) is 20.8. The summed E-state index contributed by atoms with van der Waals surface area (Å²) in [7, 11) is -0.664. The van der Waals surface area contributed by atoms with Crippen LogP contribution in [0, 0.1) is 11.7 Å². The molecule has 0 unspecified atom stereocenters. The van der Waals surface area contributed by atoms with Gasteiger partial charge in [0.2, 0.25) is 11.8 Å². The van der Waals surface area contributed by atoms with Gasteiger partial charge in [-0.1, -0.05) is 18.2 Å². The summed E-state index contributed by atoms with van der Waals surface area (Å²) in [5, 5.41) is 2.58. The van der Waals surface area contributed by atoms with Gasteiger partial charge in [0.1, 0.15) is 5.92 Å². The van der Waals surface area contributed by atoms with E-state index in [1.54, 1.807) is 19.2 Å². The molecule has 2 amide bonds. The molecule has 0 saturated carbocycles. The molecule has 0 radical (unpaired) electrons. The maximum Gasteiger partial charge on any atom is 0.237 e. The van der Waals surface area contributed by atoms with Crippen LogP contribution in [0.5, 0.6) is 5.75 Å². The lowest BCUT2D eigenvalue weighted by atomic mass is 9.87. The van der Waals surface area contributed by atoms with E-state index in [0.29, 0.717) is 5.56 Å². The molecule has 0 aliphatic carbocycles. The van der Waals surface area contributed by atoms with Crippen LogP contribution in [0.2, 0.25) is 0 Å². The number of carbonyl (C=O) groups excluding carboxylic acids is 2. The summed E-state index contributed by atoms with van der Waals surface area (Å²) in [6.07, 6.45) is 1.04. The molecular weight excluding hydrogens is 399 g/mol. The Bertz CT molecular complexity index is 1070. The van der Waals surface area contributed by atoms with E-state index in [9.17, 15) is 22.4 Å². The number of rotatable bonds is 5. The van der Waals surface area contributed by atoms with Gasteiger partial charge in [0, 0.05) is 25.8 Å². The van der Waals surface area contributed by atoms with Crippen LogP contribution >= 0.6 is 0 Å². The number of amides is 2. The van der Waals surface area contributed by atoms with Gasteiger partial charge in [0.05, 0.1) is 17.7 Å². The van der Waals surface area contributed by atoms with Crippen LogP contribution in [-0.4, -0.2) is 52.1 Å². The van der Waals surface area contributed by atoms with Gasteiger partial charge in [-0.05, 0) is 29.8 Å². The van der Waals surface area contributed by atoms with E-state index in [1.165, 1.54) is 42.3 Å². The van der Waals surface area contributed by atoms with Crippen molar-refractivity contribution in [2.24, 2.45) is 5.92 Å². The van der Waals surface area contributed by atoms with Crippen LogP contribution in [-0.2, 0) is 19.4 Å². The average Bonchev–Trinajstić information content (AvgIpc) is 2.96. The number of ether oxygens (including phenoxy) is 1. The fraction of sp³-hybridized carbons (Fsp3) is 0.300. The SMILES string of the molecule is COc1cc([C@H]2CN(C)C(=O)[C@@H]2C(=O)Nc2ccccc2S(C)(=O)=O)ccc1F. The summed E-state index contributed by atoms with van der Waals surface area (Å²) in [6.45, 7) is 0.263. The van der Waals surface area contributed by atoms with Crippen LogP contribution in [0.25, 0.3) is 0 Å². The largest absolute Gasteiger partial charge is 0.494 e. The van der Waals surface area contributed by atoms with Crippen LogP contribution < -0.4 is 10.1 Å². The second-order valence-corrected chi connectivity index (χ2v) is 8.94. The van der Waals surface area contributed by atoms with E-state index in [0.717, 1.165) is 6.26 Å². The third kappa shape index (κ3) is 4.09. The molecule has 0 spiro atoms. The van der Waals surface area contributed by atoms with Gasteiger partial charge in [-0.2, -0.15) is 0 Å². The maximum absolute atomic E-state index is 13.8. The predicted octanol–water partition coefficient (Wildman–Crippen LogP) is 2.05. The molecule has 154 valence electrons. The van der Waals surface area contributed by atoms with E-state index in [-0.39, 0.29) is 22.9 Å². The number of sulfone groups is 1. The van der Waals surface area contributed by atoms with Crippen LogP contribution in [0.15, 0.2) is 47.4 Å². The van der Waals surface area contributed by atoms with Gasteiger partial charge in [-0.3, -0.25) is 9.59 Å². The Hall–Kier alpha value is -2.94. The highest BCUT2D eigenvalue weighted by atomic mass is 32.2. The summed E-state index contributed by atoms with van der Waals surface area (Å²) in [4.78, 5) is 27.1.